The SMILES string of the molecule is CNC[C@H](O)COCCOC(C)C. The van der Waals surface area contributed by atoms with E-state index in [1.54, 1.807) is 7.05 Å². The van der Waals surface area contributed by atoms with E-state index < -0.39 is 6.10 Å². The van der Waals surface area contributed by atoms with Gasteiger partial charge in [-0.1, -0.05) is 0 Å². The van der Waals surface area contributed by atoms with Crippen LogP contribution in [0.3, 0.4) is 0 Å². The van der Waals surface area contributed by atoms with E-state index in [0.29, 0.717) is 26.4 Å². The molecule has 0 aromatic heterocycles. The molecular weight excluding hydrogens is 170 g/mol. The van der Waals surface area contributed by atoms with Crippen molar-refractivity contribution in [3.63, 3.8) is 0 Å². The van der Waals surface area contributed by atoms with Crippen molar-refractivity contribution < 1.29 is 14.6 Å². The fourth-order valence-corrected chi connectivity index (χ4v) is 0.857. The first-order valence-corrected chi connectivity index (χ1v) is 4.68. The fraction of sp³-hybridized carbons (Fsp3) is 1.00. The van der Waals surface area contributed by atoms with Crippen molar-refractivity contribution in [3.05, 3.63) is 0 Å². The first-order valence-electron chi connectivity index (χ1n) is 4.68. The third-order valence-corrected chi connectivity index (χ3v) is 1.43. The molecule has 0 unspecified atom stereocenters. The predicted molar refractivity (Wildman–Crippen MR) is 51.8 cm³/mol. The van der Waals surface area contributed by atoms with Crippen LogP contribution >= 0.6 is 0 Å². The van der Waals surface area contributed by atoms with Crippen molar-refractivity contribution in [1.82, 2.24) is 5.32 Å². The number of nitrogens with one attached hydrogen (secondary N) is 1. The molecule has 4 heteroatoms. The minimum Gasteiger partial charge on any atom is -0.389 e. The summed E-state index contributed by atoms with van der Waals surface area (Å²) in [5, 5.41) is 12.1. The summed E-state index contributed by atoms with van der Waals surface area (Å²) in [6, 6.07) is 0. The highest BCUT2D eigenvalue weighted by atomic mass is 16.5. The minimum atomic E-state index is -0.427. The zero-order chi connectivity index (χ0) is 10.1. The van der Waals surface area contributed by atoms with Gasteiger partial charge in [0.2, 0.25) is 0 Å². The molecule has 2 N–H and O–H groups in total. The molecule has 0 heterocycles. The lowest BCUT2D eigenvalue weighted by Crippen LogP contribution is -2.28. The molecule has 0 aliphatic rings. The van der Waals surface area contributed by atoms with Gasteiger partial charge in [-0.3, -0.25) is 0 Å². The minimum absolute atomic E-state index is 0.242. The summed E-state index contributed by atoms with van der Waals surface area (Å²) in [6.45, 7) is 6.02. The molecule has 80 valence electrons. The fourth-order valence-electron chi connectivity index (χ4n) is 0.857. The molecule has 0 bridgehead atoms. The molecule has 0 aliphatic heterocycles. The third-order valence-electron chi connectivity index (χ3n) is 1.43. The molecule has 0 fully saturated rings. The number of aliphatic hydroxyl groups is 1. The highest BCUT2D eigenvalue weighted by molar-refractivity contribution is 4.54. The van der Waals surface area contributed by atoms with Gasteiger partial charge < -0.3 is 19.9 Å². The zero-order valence-electron chi connectivity index (χ0n) is 8.75. The standard InChI is InChI=1S/C9H21NO3/c1-8(2)13-5-4-12-7-9(11)6-10-3/h8-11H,4-7H2,1-3H3/t9-/m0/s1. The highest BCUT2D eigenvalue weighted by Crippen LogP contribution is 1.88. The Morgan fingerprint density at radius 2 is 2.00 bits per heavy atom. The van der Waals surface area contributed by atoms with Crippen molar-refractivity contribution in [3.8, 4) is 0 Å². The number of hydrogen-bond acceptors (Lipinski definition) is 4. The lowest BCUT2D eigenvalue weighted by Gasteiger charge is -2.11. The summed E-state index contributed by atoms with van der Waals surface area (Å²) in [5.74, 6) is 0. The van der Waals surface area contributed by atoms with Gasteiger partial charge in [-0.25, -0.2) is 0 Å². The first-order chi connectivity index (χ1) is 6.16. The molecule has 0 saturated heterocycles. The smallest absolute Gasteiger partial charge is 0.0897 e. The van der Waals surface area contributed by atoms with Crippen molar-refractivity contribution in [2.45, 2.75) is 26.1 Å². The van der Waals surface area contributed by atoms with Gasteiger partial charge in [-0.2, -0.15) is 0 Å². The lowest BCUT2D eigenvalue weighted by atomic mass is 10.4. The monoisotopic (exact) mass is 191 g/mol. The average Bonchev–Trinajstić information content (AvgIpc) is 2.03. The van der Waals surface area contributed by atoms with Crippen LogP contribution in [0.4, 0.5) is 0 Å². The Labute approximate surface area is 80.2 Å². The number of likely N-dealkylation sites (N-methyl/N-ethyl adjacent to an activating group) is 1. The van der Waals surface area contributed by atoms with Crippen LogP contribution in [0.25, 0.3) is 0 Å². The van der Waals surface area contributed by atoms with E-state index in [1.807, 2.05) is 13.8 Å². The molecule has 1 atom stereocenters. The molecule has 13 heavy (non-hydrogen) atoms. The quantitative estimate of drug-likeness (QED) is 0.531. The summed E-state index contributed by atoms with van der Waals surface area (Å²) < 4.78 is 10.4. The van der Waals surface area contributed by atoms with Gasteiger partial charge in [0.15, 0.2) is 0 Å². The summed E-state index contributed by atoms with van der Waals surface area (Å²) >= 11 is 0. The summed E-state index contributed by atoms with van der Waals surface area (Å²) in [4.78, 5) is 0. The molecule has 0 aliphatic carbocycles. The second-order valence-electron chi connectivity index (χ2n) is 3.21. The molecule has 0 saturated carbocycles. The van der Waals surface area contributed by atoms with Crippen molar-refractivity contribution in [1.29, 1.82) is 0 Å². The number of hydrogen-bond donors (Lipinski definition) is 2. The normalized spacial score (nSPS) is 13.6. The van der Waals surface area contributed by atoms with E-state index in [9.17, 15) is 5.11 Å². The number of ether oxygens (including phenoxy) is 2. The van der Waals surface area contributed by atoms with Gasteiger partial charge in [-0.05, 0) is 20.9 Å². The van der Waals surface area contributed by atoms with E-state index in [-0.39, 0.29) is 6.10 Å². The number of aliphatic hydroxyl groups excluding tert-OH is 1. The maximum atomic E-state index is 9.23. The molecule has 4 nitrogen and oxygen atoms in total. The van der Waals surface area contributed by atoms with Gasteiger partial charge in [0.05, 0.1) is 32.0 Å². The van der Waals surface area contributed by atoms with Gasteiger partial charge in [0, 0.05) is 6.54 Å². The van der Waals surface area contributed by atoms with E-state index in [0.717, 1.165) is 0 Å². The average molecular weight is 191 g/mol. The van der Waals surface area contributed by atoms with Crippen LogP contribution in [0, 0.1) is 0 Å². The van der Waals surface area contributed by atoms with Crippen molar-refractivity contribution in [2.24, 2.45) is 0 Å². The predicted octanol–water partition coefficient (Wildman–Crippen LogP) is 0.00830. The van der Waals surface area contributed by atoms with E-state index >= 15 is 0 Å². The molecule has 0 radical (unpaired) electrons. The second kappa shape index (κ2) is 8.44. The largest absolute Gasteiger partial charge is 0.389 e. The van der Waals surface area contributed by atoms with Gasteiger partial charge in [0.25, 0.3) is 0 Å². The maximum Gasteiger partial charge on any atom is 0.0897 e. The Kier molecular flexibility index (Phi) is 8.33. The topological polar surface area (TPSA) is 50.7 Å². The Bertz CT molecular complexity index is 109. The lowest BCUT2D eigenvalue weighted by molar-refractivity contribution is -0.00957. The van der Waals surface area contributed by atoms with Crippen molar-refractivity contribution in [2.75, 3.05) is 33.4 Å². The molecule has 0 amide bonds. The van der Waals surface area contributed by atoms with Crippen LogP contribution in [0.15, 0.2) is 0 Å². The van der Waals surface area contributed by atoms with Crippen LogP contribution in [0.2, 0.25) is 0 Å². The molecule has 0 spiro atoms. The van der Waals surface area contributed by atoms with Gasteiger partial charge in [-0.15, -0.1) is 0 Å². The Balaban J connectivity index is 3.06. The Morgan fingerprint density at radius 3 is 2.54 bits per heavy atom. The van der Waals surface area contributed by atoms with Crippen molar-refractivity contribution >= 4 is 0 Å². The van der Waals surface area contributed by atoms with Crippen LogP contribution in [-0.4, -0.2) is 50.7 Å². The highest BCUT2D eigenvalue weighted by Gasteiger charge is 2.01. The zero-order valence-corrected chi connectivity index (χ0v) is 8.75. The van der Waals surface area contributed by atoms with Crippen LogP contribution in [-0.2, 0) is 9.47 Å². The third kappa shape index (κ3) is 9.76. The second-order valence-corrected chi connectivity index (χ2v) is 3.21. The first kappa shape index (κ1) is 12.8. The molecule has 0 rings (SSSR count). The molecular formula is C9H21NO3. The van der Waals surface area contributed by atoms with E-state index in [2.05, 4.69) is 5.32 Å². The summed E-state index contributed by atoms with van der Waals surface area (Å²) in [7, 11) is 1.80. The molecule has 0 aromatic carbocycles. The summed E-state index contributed by atoms with van der Waals surface area (Å²) in [5.41, 5.74) is 0. The molecule has 0 aromatic rings. The Morgan fingerprint density at radius 1 is 1.31 bits per heavy atom. The van der Waals surface area contributed by atoms with Crippen LogP contribution in [0.1, 0.15) is 13.8 Å². The van der Waals surface area contributed by atoms with Gasteiger partial charge in [0.1, 0.15) is 0 Å². The van der Waals surface area contributed by atoms with E-state index in [4.69, 9.17) is 9.47 Å². The van der Waals surface area contributed by atoms with Crippen LogP contribution < -0.4 is 5.32 Å². The summed E-state index contributed by atoms with van der Waals surface area (Å²) in [6.07, 6.45) is -0.185. The van der Waals surface area contributed by atoms with E-state index in [1.165, 1.54) is 0 Å². The number of rotatable bonds is 8. The maximum absolute atomic E-state index is 9.23. The van der Waals surface area contributed by atoms with Gasteiger partial charge >= 0.3 is 0 Å². The Hall–Kier alpha value is -0.160. The van der Waals surface area contributed by atoms with Crippen LogP contribution in [0.5, 0.6) is 0 Å².